The van der Waals surface area contributed by atoms with Crippen molar-refractivity contribution in [2.75, 3.05) is 6.54 Å². The van der Waals surface area contributed by atoms with E-state index in [9.17, 15) is 0 Å². The lowest BCUT2D eigenvalue weighted by molar-refractivity contribution is 0.672. The van der Waals surface area contributed by atoms with Crippen molar-refractivity contribution in [1.29, 1.82) is 0 Å². The summed E-state index contributed by atoms with van der Waals surface area (Å²) >= 11 is 0. The molecule has 0 aliphatic heterocycles. The van der Waals surface area contributed by atoms with Gasteiger partial charge in [0, 0.05) is 18.9 Å². The largest absolute Gasteiger partial charge is 0.313 e. The summed E-state index contributed by atoms with van der Waals surface area (Å²) in [4.78, 5) is 4.29. The van der Waals surface area contributed by atoms with Crippen LogP contribution in [-0.2, 0) is 6.54 Å². The van der Waals surface area contributed by atoms with E-state index in [4.69, 9.17) is 0 Å². The third-order valence-electron chi connectivity index (χ3n) is 3.00. The van der Waals surface area contributed by atoms with Crippen molar-refractivity contribution in [3.05, 3.63) is 42.0 Å². The summed E-state index contributed by atoms with van der Waals surface area (Å²) in [5.74, 6) is 0.448. The highest BCUT2D eigenvalue weighted by molar-refractivity contribution is 5.31. The maximum atomic E-state index is 4.57. The summed E-state index contributed by atoms with van der Waals surface area (Å²) in [6.45, 7) is 8.35. The lowest BCUT2D eigenvalue weighted by Crippen LogP contribution is -2.14. The molecule has 0 aromatic carbocycles. The van der Waals surface area contributed by atoms with Crippen LogP contribution in [0.3, 0.4) is 0 Å². The van der Waals surface area contributed by atoms with Crippen molar-refractivity contribution in [2.45, 2.75) is 39.7 Å². The van der Waals surface area contributed by atoms with Gasteiger partial charge in [-0.25, -0.2) is 4.68 Å². The zero-order chi connectivity index (χ0) is 13.7. The Morgan fingerprint density at radius 2 is 2.16 bits per heavy atom. The Bertz CT molecular complexity index is 516. The molecular formula is C15H22N4. The summed E-state index contributed by atoms with van der Waals surface area (Å²) in [5, 5.41) is 7.96. The molecule has 4 heteroatoms. The van der Waals surface area contributed by atoms with E-state index in [0.29, 0.717) is 5.92 Å². The first kappa shape index (κ1) is 13.7. The van der Waals surface area contributed by atoms with Gasteiger partial charge in [-0.05, 0) is 36.6 Å². The van der Waals surface area contributed by atoms with Gasteiger partial charge in [-0.1, -0.05) is 20.8 Å². The van der Waals surface area contributed by atoms with Crippen molar-refractivity contribution < 1.29 is 0 Å². The van der Waals surface area contributed by atoms with Gasteiger partial charge in [0.2, 0.25) is 0 Å². The van der Waals surface area contributed by atoms with Gasteiger partial charge in [0.15, 0.2) is 0 Å². The van der Waals surface area contributed by atoms with E-state index in [1.165, 1.54) is 5.56 Å². The van der Waals surface area contributed by atoms with Crippen LogP contribution >= 0.6 is 0 Å². The van der Waals surface area contributed by atoms with Crippen LogP contribution < -0.4 is 5.32 Å². The van der Waals surface area contributed by atoms with Crippen LogP contribution in [0.4, 0.5) is 0 Å². The molecule has 2 aromatic rings. The number of rotatable bonds is 6. The minimum atomic E-state index is 0.448. The van der Waals surface area contributed by atoms with E-state index in [1.807, 2.05) is 23.3 Å². The second-order valence-corrected chi connectivity index (χ2v) is 5.07. The van der Waals surface area contributed by atoms with Gasteiger partial charge in [0.1, 0.15) is 0 Å². The minimum Gasteiger partial charge on any atom is -0.313 e. The average molecular weight is 258 g/mol. The Kier molecular flexibility index (Phi) is 4.68. The second kappa shape index (κ2) is 6.48. The zero-order valence-corrected chi connectivity index (χ0v) is 11.9. The smallest absolute Gasteiger partial charge is 0.0832 e. The van der Waals surface area contributed by atoms with Gasteiger partial charge in [-0.3, -0.25) is 4.98 Å². The molecule has 0 saturated carbocycles. The lowest BCUT2D eigenvalue weighted by Gasteiger charge is -2.06. The Hall–Kier alpha value is -1.68. The van der Waals surface area contributed by atoms with Crippen LogP contribution in [0.15, 0.2) is 30.7 Å². The van der Waals surface area contributed by atoms with E-state index >= 15 is 0 Å². The van der Waals surface area contributed by atoms with Crippen molar-refractivity contribution in [2.24, 2.45) is 0 Å². The molecule has 2 heterocycles. The van der Waals surface area contributed by atoms with Crippen LogP contribution in [0.1, 0.15) is 44.4 Å². The topological polar surface area (TPSA) is 42.7 Å². The molecule has 0 atom stereocenters. The Morgan fingerprint density at radius 1 is 1.32 bits per heavy atom. The molecule has 0 spiro atoms. The molecule has 102 valence electrons. The molecule has 0 aliphatic rings. The number of aromatic nitrogens is 3. The number of hydrogen-bond acceptors (Lipinski definition) is 3. The molecule has 0 saturated heterocycles. The molecule has 0 radical (unpaired) electrons. The van der Waals surface area contributed by atoms with Crippen LogP contribution in [-0.4, -0.2) is 21.3 Å². The first-order chi connectivity index (χ1) is 9.20. The fourth-order valence-corrected chi connectivity index (χ4v) is 1.90. The summed E-state index contributed by atoms with van der Waals surface area (Å²) in [5.41, 5.74) is 3.31. The maximum absolute atomic E-state index is 4.57. The van der Waals surface area contributed by atoms with E-state index in [2.05, 4.69) is 48.3 Å². The average Bonchev–Trinajstić information content (AvgIpc) is 2.89. The molecule has 0 amide bonds. The molecule has 0 unspecified atom stereocenters. The van der Waals surface area contributed by atoms with Gasteiger partial charge in [0.25, 0.3) is 0 Å². The Morgan fingerprint density at radius 3 is 2.84 bits per heavy atom. The fraction of sp³-hybridized carbons (Fsp3) is 0.467. The monoisotopic (exact) mass is 258 g/mol. The minimum absolute atomic E-state index is 0.448. The number of nitrogens with one attached hydrogen (secondary N) is 1. The highest BCUT2D eigenvalue weighted by atomic mass is 15.3. The predicted molar refractivity (Wildman–Crippen MR) is 77.4 cm³/mol. The molecule has 19 heavy (non-hydrogen) atoms. The van der Waals surface area contributed by atoms with Crippen LogP contribution in [0.5, 0.6) is 0 Å². The van der Waals surface area contributed by atoms with E-state index in [0.717, 1.165) is 30.9 Å². The lowest BCUT2D eigenvalue weighted by atomic mass is 10.1. The molecule has 2 aromatic heterocycles. The second-order valence-electron chi connectivity index (χ2n) is 5.07. The quantitative estimate of drug-likeness (QED) is 0.810. The highest BCUT2D eigenvalue weighted by Gasteiger charge is 2.05. The van der Waals surface area contributed by atoms with E-state index in [1.54, 1.807) is 0 Å². The van der Waals surface area contributed by atoms with Crippen LogP contribution in [0.25, 0.3) is 5.69 Å². The normalized spacial score (nSPS) is 11.2. The first-order valence-electron chi connectivity index (χ1n) is 6.91. The molecular weight excluding hydrogens is 236 g/mol. The predicted octanol–water partition coefficient (Wildman–Crippen LogP) is 2.89. The number of nitrogens with zero attached hydrogens (tertiary/aromatic N) is 3. The van der Waals surface area contributed by atoms with Crippen molar-refractivity contribution >= 4 is 0 Å². The van der Waals surface area contributed by atoms with Gasteiger partial charge >= 0.3 is 0 Å². The molecule has 1 N–H and O–H groups in total. The standard InChI is InChI=1S/C15H22N4/c1-4-6-16-9-13-8-14(11-17-10-13)19-7-5-15(18-19)12(2)3/h5,7-8,10-12,16H,4,6,9H2,1-3H3. The summed E-state index contributed by atoms with van der Waals surface area (Å²) in [6, 6.07) is 4.19. The van der Waals surface area contributed by atoms with Crippen LogP contribution in [0.2, 0.25) is 0 Å². The maximum Gasteiger partial charge on any atom is 0.0832 e. The van der Waals surface area contributed by atoms with Gasteiger partial charge in [0.05, 0.1) is 17.6 Å². The third kappa shape index (κ3) is 3.64. The zero-order valence-electron chi connectivity index (χ0n) is 11.9. The number of hydrogen-bond donors (Lipinski definition) is 1. The summed E-state index contributed by atoms with van der Waals surface area (Å²) in [6.07, 6.45) is 6.89. The summed E-state index contributed by atoms with van der Waals surface area (Å²) < 4.78 is 1.89. The number of pyridine rings is 1. The molecule has 0 aliphatic carbocycles. The van der Waals surface area contributed by atoms with Crippen molar-refractivity contribution in [3.8, 4) is 5.69 Å². The Balaban J connectivity index is 2.12. The van der Waals surface area contributed by atoms with Crippen molar-refractivity contribution in [3.63, 3.8) is 0 Å². The molecule has 2 rings (SSSR count). The van der Waals surface area contributed by atoms with Gasteiger partial charge in [-0.2, -0.15) is 5.10 Å². The van der Waals surface area contributed by atoms with Crippen LogP contribution in [0, 0.1) is 0 Å². The Labute approximate surface area is 114 Å². The van der Waals surface area contributed by atoms with E-state index < -0.39 is 0 Å². The van der Waals surface area contributed by atoms with E-state index in [-0.39, 0.29) is 0 Å². The SMILES string of the molecule is CCCNCc1cncc(-n2ccc(C(C)C)n2)c1. The molecule has 0 bridgehead atoms. The van der Waals surface area contributed by atoms with Gasteiger partial charge < -0.3 is 5.32 Å². The highest BCUT2D eigenvalue weighted by Crippen LogP contribution is 2.14. The van der Waals surface area contributed by atoms with Gasteiger partial charge in [-0.15, -0.1) is 0 Å². The van der Waals surface area contributed by atoms with Crippen molar-refractivity contribution in [1.82, 2.24) is 20.1 Å². The molecule has 4 nitrogen and oxygen atoms in total. The fourth-order valence-electron chi connectivity index (χ4n) is 1.90. The summed E-state index contributed by atoms with van der Waals surface area (Å²) in [7, 11) is 0. The molecule has 0 fully saturated rings. The third-order valence-corrected chi connectivity index (χ3v) is 3.00. The first-order valence-corrected chi connectivity index (χ1v) is 6.91.